The lowest BCUT2D eigenvalue weighted by atomic mass is 10.0. The van der Waals surface area contributed by atoms with E-state index in [2.05, 4.69) is 42.7 Å². The highest BCUT2D eigenvalue weighted by Crippen LogP contribution is 2.36. The van der Waals surface area contributed by atoms with E-state index in [-0.39, 0.29) is 25.2 Å². The van der Waals surface area contributed by atoms with Crippen LogP contribution in [0.25, 0.3) is 0 Å². The summed E-state index contributed by atoms with van der Waals surface area (Å²) < 4.78 is 5.18. The van der Waals surface area contributed by atoms with Gasteiger partial charge in [-0.25, -0.2) is 4.79 Å². The lowest BCUT2D eigenvalue weighted by Gasteiger charge is -2.23. The molecular formula is C17H24N2O3. The number of hydrogen-bond acceptors (Lipinski definition) is 3. The normalized spacial score (nSPS) is 30.1. The van der Waals surface area contributed by atoms with Gasteiger partial charge in [0.05, 0.1) is 19.2 Å². The van der Waals surface area contributed by atoms with Crippen LogP contribution in [-0.4, -0.2) is 36.5 Å². The summed E-state index contributed by atoms with van der Waals surface area (Å²) in [6, 6.07) is 6.22. The van der Waals surface area contributed by atoms with Crippen molar-refractivity contribution < 1.29 is 14.6 Å². The Morgan fingerprint density at radius 1 is 1.50 bits per heavy atom. The van der Waals surface area contributed by atoms with Gasteiger partial charge in [0.2, 0.25) is 0 Å². The van der Waals surface area contributed by atoms with E-state index >= 15 is 0 Å². The van der Waals surface area contributed by atoms with Gasteiger partial charge in [-0.2, -0.15) is 0 Å². The third kappa shape index (κ3) is 3.10. The van der Waals surface area contributed by atoms with Crippen molar-refractivity contribution in [1.82, 2.24) is 10.6 Å². The minimum Gasteiger partial charge on any atom is -0.386 e. The van der Waals surface area contributed by atoms with Crippen LogP contribution in [0.4, 0.5) is 4.79 Å². The molecule has 1 aliphatic carbocycles. The molecule has 2 amide bonds. The Kier molecular flexibility index (Phi) is 4.10. The summed E-state index contributed by atoms with van der Waals surface area (Å²) in [5.41, 5.74) is 2.81. The summed E-state index contributed by atoms with van der Waals surface area (Å²) >= 11 is 0. The second-order valence-corrected chi connectivity index (χ2v) is 6.72. The Bertz CT molecular complexity index is 567. The van der Waals surface area contributed by atoms with Crippen LogP contribution in [0.5, 0.6) is 0 Å². The summed E-state index contributed by atoms with van der Waals surface area (Å²) in [6.45, 7) is 5.27. The standard InChI is InChI=1S/C17H24N2O3/c1-11-3-4-13-8-12(2)15(14(13)7-11)19-16(20)18-9-17(21)5-6-22-10-17/h3-4,7,12,15,21H,5-6,8-10H2,1-2H3,(H2,18,19,20)/t12-,15+,17-/m0/s1. The molecule has 0 saturated carbocycles. The van der Waals surface area contributed by atoms with Crippen molar-refractivity contribution in [3.63, 3.8) is 0 Å². The average molecular weight is 304 g/mol. The molecule has 0 radical (unpaired) electrons. The van der Waals surface area contributed by atoms with Crippen molar-refractivity contribution in [2.24, 2.45) is 5.92 Å². The molecule has 5 heteroatoms. The second kappa shape index (κ2) is 5.89. The quantitative estimate of drug-likeness (QED) is 0.795. The fraction of sp³-hybridized carbons (Fsp3) is 0.588. The van der Waals surface area contributed by atoms with Gasteiger partial charge in [-0.3, -0.25) is 0 Å². The maximum absolute atomic E-state index is 12.2. The summed E-state index contributed by atoms with van der Waals surface area (Å²) in [4.78, 5) is 12.2. The van der Waals surface area contributed by atoms with E-state index in [4.69, 9.17) is 4.74 Å². The van der Waals surface area contributed by atoms with E-state index in [0.717, 1.165) is 6.42 Å². The van der Waals surface area contributed by atoms with Crippen molar-refractivity contribution in [3.8, 4) is 0 Å². The number of fused-ring (bicyclic) bond motifs is 1. The van der Waals surface area contributed by atoms with Gasteiger partial charge in [-0.1, -0.05) is 30.7 Å². The molecule has 1 aromatic rings. The second-order valence-electron chi connectivity index (χ2n) is 6.72. The number of carbonyl (C=O) groups is 1. The summed E-state index contributed by atoms with van der Waals surface area (Å²) in [7, 11) is 0. The number of aryl methyl sites for hydroxylation is 1. The zero-order valence-corrected chi connectivity index (χ0v) is 13.2. The smallest absolute Gasteiger partial charge is 0.315 e. The number of nitrogens with one attached hydrogen (secondary N) is 2. The minimum absolute atomic E-state index is 0.0318. The van der Waals surface area contributed by atoms with Crippen LogP contribution in [0.1, 0.15) is 36.1 Å². The number of ether oxygens (including phenoxy) is 1. The zero-order chi connectivity index (χ0) is 15.7. The SMILES string of the molecule is Cc1ccc2c(c1)[C@H](NC(=O)NC[C@@]1(O)CCOC1)[C@@H](C)C2. The Hall–Kier alpha value is -1.59. The number of carbonyl (C=O) groups excluding carboxylic acids is 1. The molecule has 0 spiro atoms. The number of aliphatic hydroxyl groups is 1. The first kappa shape index (κ1) is 15.3. The first-order valence-electron chi connectivity index (χ1n) is 7.91. The van der Waals surface area contributed by atoms with E-state index in [0.29, 0.717) is 18.9 Å². The van der Waals surface area contributed by atoms with Crippen LogP contribution in [0.15, 0.2) is 18.2 Å². The van der Waals surface area contributed by atoms with Crippen molar-refractivity contribution in [3.05, 3.63) is 34.9 Å². The van der Waals surface area contributed by atoms with Gasteiger partial charge in [0.1, 0.15) is 5.60 Å². The Morgan fingerprint density at radius 2 is 2.32 bits per heavy atom. The van der Waals surface area contributed by atoms with E-state index < -0.39 is 5.60 Å². The molecule has 22 heavy (non-hydrogen) atoms. The molecule has 3 rings (SSSR count). The van der Waals surface area contributed by atoms with E-state index in [1.807, 2.05) is 0 Å². The third-order valence-corrected chi connectivity index (χ3v) is 4.69. The minimum atomic E-state index is -0.923. The van der Waals surface area contributed by atoms with Crippen LogP contribution >= 0.6 is 0 Å². The summed E-state index contributed by atoms with van der Waals surface area (Å²) in [5.74, 6) is 0.375. The van der Waals surface area contributed by atoms with Gasteiger partial charge in [0.25, 0.3) is 0 Å². The molecule has 3 atom stereocenters. The summed E-state index contributed by atoms with van der Waals surface area (Å²) in [5, 5.41) is 16.0. The van der Waals surface area contributed by atoms with Gasteiger partial charge in [-0.15, -0.1) is 0 Å². The average Bonchev–Trinajstić information content (AvgIpc) is 3.03. The first-order chi connectivity index (χ1) is 10.5. The van der Waals surface area contributed by atoms with Crippen molar-refractivity contribution in [2.75, 3.05) is 19.8 Å². The molecule has 0 aromatic heterocycles. The van der Waals surface area contributed by atoms with E-state index in [1.165, 1.54) is 16.7 Å². The molecule has 2 aliphatic rings. The van der Waals surface area contributed by atoms with Gasteiger partial charge >= 0.3 is 6.03 Å². The van der Waals surface area contributed by atoms with Gasteiger partial charge in [0.15, 0.2) is 0 Å². The van der Waals surface area contributed by atoms with Crippen molar-refractivity contribution in [1.29, 1.82) is 0 Å². The van der Waals surface area contributed by atoms with Crippen LogP contribution in [-0.2, 0) is 11.2 Å². The number of hydrogen-bond donors (Lipinski definition) is 3. The largest absolute Gasteiger partial charge is 0.386 e. The van der Waals surface area contributed by atoms with Crippen LogP contribution in [0, 0.1) is 12.8 Å². The molecule has 0 bridgehead atoms. The first-order valence-corrected chi connectivity index (χ1v) is 7.91. The maximum atomic E-state index is 12.2. The van der Waals surface area contributed by atoms with Crippen LogP contribution < -0.4 is 10.6 Å². The molecule has 1 aliphatic heterocycles. The van der Waals surface area contributed by atoms with Crippen molar-refractivity contribution in [2.45, 2.75) is 38.3 Å². The van der Waals surface area contributed by atoms with Crippen molar-refractivity contribution >= 4 is 6.03 Å². The number of urea groups is 1. The Morgan fingerprint density at radius 3 is 3.05 bits per heavy atom. The molecule has 1 saturated heterocycles. The zero-order valence-electron chi connectivity index (χ0n) is 13.2. The van der Waals surface area contributed by atoms with Gasteiger partial charge in [0, 0.05) is 13.0 Å². The fourth-order valence-corrected chi connectivity index (χ4v) is 3.35. The molecule has 0 unspecified atom stereocenters. The highest BCUT2D eigenvalue weighted by Gasteiger charge is 2.34. The number of amides is 2. The highest BCUT2D eigenvalue weighted by atomic mass is 16.5. The van der Waals surface area contributed by atoms with Gasteiger partial charge in [-0.05, 0) is 30.4 Å². The fourth-order valence-electron chi connectivity index (χ4n) is 3.35. The molecule has 1 heterocycles. The number of rotatable bonds is 3. The third-order valence-electron chi connectivity index (χ3n) is 4.69. The molecular weight excluding hydrogens is 280 g/mol. The van der Waals surface area contributed by atoms with Crippen LogP contribution in [0.3, 0.4) is 0 Å². The monoisotopic (exact) mass is 304 g/mol. The van der Waals surface area contributed by atoms with E-state index in [1.54, 1.807) is 0 Å². The highest BCUT2D eigenvalue weighted by molar-refractivity contribution is 5.74. The lowest BCUT2D eigenvalue weighted by Crippen LogP contribution is -2.47. The maximum Gasteiger partial charge on any atom is 0.315 e. The number of benzene rings is 1. The molecule has 5 nitrogen and oxygen atoms in total. The predicted octanol–water partition coefficient (Wildman–Crippen LogP) is 1.68. The predicted molar refractivity (Wildman–Crippen MR) is 83.7 cm³/mol. The molecule has 1 aromatic carbocycles. The van der Waals surface area contributed by atoms with Crippen LogP contribution in [0.2, 0.25) is 0 Å². The Labute approximate surface area is 131 Å². The van der Waals surface area contributed by atoms with E-state index in [9.17, 15) is 9.90 Å². The molecule has 1 fully saturated rings. The topological polar surface area (TPSA) is 70.6 Å². The van der Waals surface area contributed by atoms with Gasteiger partial charge < -0.3 is 20.5 Å². The Balaban J connectivity index is 1.61. The summed E-state index contributed by atoms with van der Waals surface area (Å²) in [6.07, 6.45) is 1.55. The molecule has 3 N–H and O–H groups in total. The molecule has 120 valence electrons. The lowest BCUT2D eigenvalue weighted by molar-refractivity contribution is 0.0290.